The molecule has 0 radical (unpaired) electrons. The van der Waals surface area contributed by atoms with E-state index in [-0.39, 0.29) is 5.75 Å². The summed E-state index contributed by atoms with van der Waals surface area (Å²) < 4.78 is 2.03. The second-order valence-corrected chi connectivity index (χ2v) is 9.41. The lowest BCUT2D eigenvalue weighted by Gasteiger charge is -2.14. The molecule has 4 rings (SSSR count). The molecule has 0 aliphatic rings. The zero-order chi connectivity index (χ0) is 25.9. The van der Waals surface area contributed by atoms with Crippen LogP contribution in [0.4, 0.5) is 0 Å². The minimum Gasteiger partial charge on any atom is -0.508 e. The molecule has 0 bridgehead atoms. The van der Waals surface area contributed by atoms with Gasteiger partial charge in [-0.25, -0.2) is 16.4 Å². The number of hydrogen-bond donors (Lipinski definition) is 5. The summed E-state index contributed by atoms with van der Waals surface area (Å²) in [6.45, 7) is 6.04. The molecule has 1 aromatic heterocycles. The van der Waals surface area contributed by atoms with Crippen molar-refractivity contribution in [1.82, 2.24) is 15.1 Å². The number of imidazole rings is 1. The van der Waals surface area contributed by atoms with Gasteiger partial charge in [0.2, 0.25) is 0 Å². The molecule has 0 atom stereocenters. The maximum Gasteiger partial charge on any atom is 0.152 e. The van der Waals surface area contributed by atoms with Gasteiger partial charge in [0, 0.05) is 18.3 Å². The van der Waals surface area contributed by atoms with Crippen molar-refractivity contribution in [3.63, 3.8) is 0 Å². The van der Waals surface area contributed by atoms with E-state index in [1.807, 2.05) is 42.0 Å². The number of hydrazone groups is 1. The second kappa shape index (κ2) is 10.2. The summed E-state index contributed by atoms with van der Waals surface area (Å²) in [4.78, 5) is 4.50. The van der Waals surface area contributed by atoms with Gasteiger partial charge in [-0.1, -0.05) is 54.6 Å². The third-order valence-corrected chi connectivity index (χ3v) is 6.11. The highest BCUT2D eigenvalue weighted by Gasteiger charge is 2.20. The number of phenols is 1. The van der Waals surface area contributed by atoms with Crippen LogP contribution in [-0.4, -0.2) is 25.6 Å². The van der Waals surface area contributed by atoms with Crippen LogP contribution in [0.25, 0.3) is 11.1 Å². The number of hydrazine groups is 1. The van der Waals surface area contributed by atoms with Gasteiger partial charge in [0.05, 0.1) is 5.69 Å². The van der Waals surface area contributed by atoms with Crippen molar-refractivity contribution in [3.05, 3.63) is 107 Å². The molecule has 3 aromatic carbocycles. The number of rotatable bonds is 8. The molecule has 0 aliphatic heterocycles. The van der Waals surface area contributed by atoms with E-state index < -0.39 is 5.60 Å². The molecule has 0 aliphatic carbocycles. The molecule has 8 heteroatoms. The topological polar surface area (TPSA) is 135 Å². The SMILES string of the molecule is Cc1nc(C(C)(C)O)cn1Cc1ccc(-c2cc(Cc3ccc(O)cc3)ccc2C(N)=NNN)cc1. The smallest absolute Gasteiger partial charge is 0.152 e. The zero-order valence-electron chi connectivity index (χ0n) is 20.7. The van der Waals surface area contributed by atoms with Gasteiger partial charge < -0.3 is 20.5 Å². The predicted octanol–water partition coefficient (Wildman–Crippen LogP) is 3.51. The van der Waals surface area contributed by atoms with Gasteiger partial charge in [-0.3, -0.25) is 0 Å². The number of nitrogens with one attached hydrogen (secondary N) is 1. The van der Waals surface area contributed by atoms with E-state index in [9.17, 15) is 10.2 Å². The molecule has 0 saturated heterocycles. The average molecular weight is 485 g/mol. The standard InChI is InChI=1S/C28H32N6O2/c1-18-31-26(28(2,3)36)17-34(18)16-20-4-9-22(10-5-20)25-15-21(8-13-24(25)27(29)32-33-30)14-19-6-11-23(35)12-7-19/h4-13,15,17,33,35-36H,14,16,30H2,1-3H3,(H2,29,32). The Labute approximate surface area is 210 Å². The van der Waals surface area contributed by atoms with Gasteiger partial charge in [0.1, 0.15) is 17.2 Å². The van der Waals surface area contributed by atoms with Crippen LogP contribution in [0.3, 0.4) is 0 Å². The Morgan fingerprint density at radius 1 is 1.00 bits per heavy atom. The van der Waals surface area contributed by atoms with E-state index >= 15 is 0 Å². The first-order valence-electron chi connectivity index (χ1n) is 11.7. The monoisotopic (exact) mass is 484 g/mol. The molecule has 0 unspecified atom stereocenters. The number of nitrogens with zero attached hydrogens (tertiary/aromatic N) is 3. The van der Waals surface area contributed by atoms with Gasteiger partial charge in [-0.05, 0) is 67.1 Å². The van der Waals surface area contributed by atoms with Gasteiger partial charge in [-0.2, -0.15) is 0 Å². The summed E-state index contributed by atoms with van der Waals surface area (Å²) in [6, 6.07) is 21.5. The molecule has 186 valence electrons. The Balaban J connectivity index is 1.64. The molecule has 8 nitrogen and oxygen atoms in total. The van der Waals surface area contributed by atoms with Crippen LogP contribution in [0.1, 0.15) is 47.6 Å². The molecule has 1 heterocycles. The molecule has 36 heavy (non-hydrogen) atoms. The van der Waals surface area contributed by atoms with Crippen molar-refractivity contribution >= 4 is 5.84 Å². The lowest BCUT2D eigenvalue weighted by Crippen LogP contribution is -2.23. The molecule has 4 aromatic rings. The van der Waals surface area contributed by atoms with Crippen LogP contribution < -0.4 is 17.1 Å². The van der Waals surface area contributed by atoms with Crippen molar-refractivity contribution in [1.29, 1.82) is 0 Å². The van der Waals surface area contributed by atoms with E-state index in [0.29, 0.717) is 24.5 Å². The number of hydrogen-bond acceptors (Lipinski definition) is 6. The van der Waals surface area contributed by atoms with E-state index in [4.69, 9.17) is 11.6 Å². The molecule has 0 fully saturated rings. The van der Waals surface area contributed by atoms with E-state index in [1.54, 1.807) is 26.0 Å². The highest BCUT2D eigenvalue weighted by Crippen LogP contribution is 2.28. The van der Waals surface area contributed by atoms with Crippen molar-refractivity contribution in [2.24, 2.45) is 16.7 Å². The van der Waals surface area contributed by atoms with Crippen LogP contribution >= 0.6 is 0 Å². The summed E-state index contributed by atoms with van der Waals surface area (Å²) in [6.07, 6.45) is 2.60. The number of aryl methyl sites for hydroxylation is 1. The first-order valence-corrected chi connectivity index (χ1v) is 11.7. The number of aromatic nitrogens is 2. The third-order valence-electron chi connectivity index (χ3n) is 6.11. The number of aromatic hydroxyl groups is 1. The Hall–Kier alpha value is -4.14. The number of phenolic OH excluding ortho intramolecular Hbond substituents is 1. The van der Waals surface area contributed by atoms with Crippen LogP contribution in [0, 0.1) is 6.92 Å². The Bertz CT molecular complexity index is 1370. The molecular formula is C28H32N6O2. The lowest BCUT2D eigenvalue weighted by molar-refractivity contribution is 0.0741. The van der Waals surface area contributed by atoms with Crippen LogP contribution in [0.2, 0.25) is 0 Å². The van der Waals surface area contributed by atoms with Gasteiger partial charge in [-0.15, -0.1) is 5.10 Å². The number of benzene rings is 3. The number of aliphatic hydroxyl groups is 1. The van der Waals surface area contributed by atoms with E-state index in [2.05, 4.69) is 46.0 Å². The normalized spacial score (nSPS) is 12.1. The third kappa shape index (κ3) is 5.73. The lowest BCUT2D eigenvalue weighted by atomic mass is 9.93. The fourth-order valence-electron chi connectivity index (χ4n) is 4.09. The molecule has 7 N–H and O–H groups in total. The predicted molar refractivity (Wildman–Crippen MR) is 142 cm³/mol. The summed E-state index contributed by atoms with van der Waals surface area (Å²) in [5.41, 5.74) is 14.1. The van der Waals surface area contributed by atoms with Gasteiger partial charge in [0.15, 0.2) is 5.84 Å². The van der Waals surface area contributed by atoms with E-state index in [1.165, 1.54) is 0 Å². The average Bonchev–Trinajstić information content (AvgIpc) is 3.22. The van der Waals surface area contributed by atoms with Crippen LogP contribution in [0.5, 0.6) is 5.75 Å². The molecule has 0 spiro atoms. The Morgan fingerprint density at radius 2 is 1.64 bits per heavy atom. The Morgan fingerprint density at radius 3 is 2.25 bits per heavy atom. The largest absolute Gasteiger partial charge is 0.508 e. The summed E-state index contributed by atoms with van der Waals surface area (Å²) >= 11 is 0. The summed E-state index contributed by atoms with van der Waals surface area (Å²) in [5.74, 6) is 6.76. The second-order valence-electron chi connectivity index (χ2n) is 9.41. The zero-order valence-corrected chi connectivity index (χ0v) is 20.7. The molecule has 0 saturated carbocycles. The minimum atomic E-state index is -0.985. The quantitative estimate of drug-likeness (QED) is 0.112. The highest BCUT2D eigenvalue weighted by atomic mass is 16.3. The number of nitrogens with two attached hydrogens (primary N) is 2. The Kier molecular flexibility index (Phi) is 7.10. The fraction of sp³-hybridized carbons (Fsp3) is 0.214. The maximum absolute atomic E-state index is 10.3. The molecule has 0 amide bonds. The van der Waals surface area contributed by atoms with Crippen molar-refractivity contribution in [2.45, 2.75) is 39.3 Å². The maximum atomic E-state index is 10.3. The minimum absolute atomic E-state index is 0.246. The van der Waals surface area contributed by atoms with Crippen molar-refractivity contribution < 1.29 is 10.2 Å². The van der Waals surface area contributed by atoms with Crippen molar-refractivity contribution in [3.8, 4) is 16.9 Å². The van der Waals surface area contributed by atoms with Gasteiger partial charge >= 0.3 is 0 Å². The van der Waals surface area contributed by atoms with E-state index in [0.717, 1.165) is 39.2 Å². The van der Waals surface area contributed by atoms with Gasteiger partial charge in [0.25, 0.3) is 0 Å². The summed E-state index contributed by atoms with van der Waals surface area (Å²) in [5, 5.41) is 23.8. The summed E-state index contributed by atoms with van der Waals surface area (Å²) in [7, 11) is 0. The van der Waals surface area contributed by atoms with Crippen LogP contribution in [0.15, 0.2) is 78.0 Å². The first kappa shape index (κ1) is 25.0. The fourth-order valence-corrected chi connectivity index (χ4v) is 4.09. The van der Waals surface area contributed by atoms with Crippen molar-refractivity contribution in [2.75, 3.05) is 0 Å². The molecular weight excluding hydrogens is 452 g/mol. The highest BCUT2D eigenvalue weighted by molar-refractivity contribution is 6.03. The number of amidine groups is 1. The van der Waals surface area contributed by atoms with Crippen LogP contribution in [-0.2, 0) is 18.6 Å². The first-order chi connectivity index (χ1) is 17.1.